The maximum absolute atomic E-state index is 11.1. The number of aliphatic hydroxyl groups is 1. The number of β-amino-alcohol motifs (C(OH)–C–C–N with tert-alkyl or cyclic N) is 1. The molecule has 0 amide bonds. The van der Waals surface area contributed by atoms with Crippen molar-refractivity contribution in [2.75, 3.05) is 6.54 Å². The van der Waals surface area contributed by atoms with Crippen LogP contribution in [0.25, 0.3) is 0 Å². The number of nitro groups is 1. The highest BCUT2D eigenvalue weighted by Gasteiger charge is 2.37. The highest BCUT2D eigenvalue weighted by molar-refractivity contribution is 7.97. The van der Waals surface area contributed by atoms with Gasteiger partial charge in [0.2, 0.25) is 0 Å². The van der Waals surface area contributed by atoms with Crippen LogP contribution in [0.15, 0.2) is 29.2 Å². The Hall–Kier alpha value is -1.64. The first kappa shape index (κ1) is 13.8. The zero-order chi connectivity index (χ0) is 14.0. The van der Waals surface area contributed by atoms with E-state index in [-0.39, 0.29) is 18.7 Å². The minimum atomic E-state index is -1.04. The SMILES string of the molecule is O=C(O)[C@@H]1C[C@@H](O)CN1Sc1ccccc1[N+](=O)[O-]. The Morgan fingerprint density at radius 3 is 2.79 bits per heavy atom. The zero-order valence-corrected chi connectivity index (χ0v) is 10.6. The molecule has 0 saturated carbocycles. The van der Waals surface area contributed by atoms with E-state index in [4.69, 9.17) is 5.11 Å². The number of carboxylic acid groups (broad SMARTS) is 1. The van der Waals surface area contributed by atoms with Crippen LogP contribution in [0.5, 0.6) is 0 Å². The van der Waals surface area contributed by atoms with E-state index in [1.54, 1.807) is 18.2 Å². The number of carboxylic acids is 1. The number of hydrogen-bond donors (Lipinski definition) is 2. The van der Waals surface area contributed by atoms with Gasteiger partial charge >= 0.3 is 5.97 Å². The van der Waals surface area contributed by atoms with Gasteiger partial charge in [-0.05, 0) is 18.0 Å². The number of nitrogens with zero attached hydrogens (tertiary/aromatic N) is 2. The predicted molar refractivity (Wildman–Crippen MR) is 67.7 cm³/mol. The van der Waals surface area contributed by atoms with Crippen LogP contribution < -0.4 is 0 Å². The van der Waals surface area contributed by atoms with E-state index in [1.807, 2.05) is 0 Å². The van der Waals surface area contributed by atoms with E-state index in [1.165, 1.54) is 10.4 Å². The molecule has 19 heavy (non-hydrogen) atoms. The van der Waals surface area contributed by atoms with E-state index >= 15 is 0 Å². The van der Waals surface area contributed by atoms with Crippen molar-refractivity contribution in [2.24, 2.45) is 0 Å². The lowest BCUT2D eigenvalue weighted by Crippen LogP contribution is -2.30. The molecule has 102 valence electrons. The number of rotatable bonds is 4. The van der Waals surface area contributed by atoms with E-state index in [0.717, 1.165) is 11.9 Å². The van der Waals surface area contributed by atoms with Crippen LogP contribution in [-0.4, -0.2) is 44.1 Å². The van der Waals surface area contributed by atoms with E-state index in [0.29, 0.717) is 4.90 Å². The molecule has 1 aliphatic heterocycles. The summed E-state index contributed by atoms with van der Waals surface area (Å²) in [6.07, 6.45) is -0.598. The Balaban J connectivity index is 2.21. The molecule has 7 nitrogen and oxygen atoms in total. The summed E-state index contributed by atoms with van der Waals surface area (Å²) in [4.78, 5) is 21.8. The molecule has 2 atom stereocenters. The number of hydrogen-bond acceptors (Lipinski definition) is 6. The third kappa shape index (κ3) is 3.03. The van der Waals surface area contributed by atoms with Gasteiger partial charge in [-0.2, -0.15) is 0 Å². The molecule has 1 aromatic rings. The van der Waals surface area contributed by atoms with Gasteiger partial charge in [0.15, 0.2) is 0 Å². The molecule has 1 saturated heterocycles. The predicted octanol–water partition coefficient (Wildman–Crippen LogP) is 1.12. The van der Waals surface area contributed by atoms with Gasteiger partial charge in [0.1, 0.15) is 10.9 Å². The Bertz CT molecular complexity index is 510. The Labute approximate surface area is 113 Å². The first-order chi connectivity index (χ1) is 8.99. The molecule has 1 fully saturated rings. The topological polar surface area (TPSA) is 104 Å². The highest BCUT2D eigenvalue weighted by Crippen LogP contribution is 2.36. The van der Waals surface area contributed by atoms with Crippen LogP contribution >= 0.6 is 11.9 Å². The fourth-order valence-corrected chi connectivity index (χ4v) is 3.10. The number of aliphatic hydroxyl groups excluding tert-OH is 1. The molecule has 2 N–H and O–H groups in total. The van der Waals surface area contributed by atoms with Crippen LogP contribution in [0.3, 0.4) is 0 Å². The average molecular weight is 284 g/mol. The Kier molecular flexibility index (Phi) is 4.03. The Morgan fingerprint density at radius 1 is 1.47 bits per heavy atom. The number of benzene rings is 1. The molecule has 1 heterocycles. The lowest BCUT2D eigenvalue weighted by molar-refractivity contribution is -0.387. The van der Waals surface area contributed by atoms with E-state index in [2.05, 4.69) is 0 Å². The summed E-state index contributed by atoms with van der Waals surface area (Å²) in [7, 11) is 0. The van der Waals surface area contributed by atoms with Gasteiger partial charge in [-0.15, -0.1) is 0 Å². The largest absolute Gasteiger partial charge is 0.480 e. The van der Waals surface area contributed by atoms with E-state index in [9.17, 15) is 20.0 Å². The summed E-state index contributed by atoms with van der Waals surface area (Å²) in [6, 6.07) is 5.30. The molecule has 0 aromatic heterocycles. The second-order valence-electron chi connectivity index (χ2n) is 4.16. The molecule has 2 rings (SSSR count). The summed E-state index contributed by atoms with van der Waals surface area (Å²) < 4.78 is 1.47. The molecule has 1 aromatic carbocycles. The second kappa shape index (κ2) is 5.55. The number of nitro benzene ring substituents is 1. The van der Waals surface area contributed by atoms with Crippen molar-refractivity contribution in [3.63, 3.8) is 0 Å². The van der Waals surface area contributed by atoms with Crippen LogP contribution in [0.1, 0.15) is 6.42 Å². The third-order valence-electron chi connectivity index (χ3n) is 2.80. The number of aliphatic carboxylic acids is 1. The maximum atomic E-state index is 11.1. The number of carbonyl (C=O) groups is 1. The van der Waals surface area contributed by atoms with Crippen molar-refractivity contribution < 1.29 is 19.9 Å². The maximum Gasteiger partial charge on any atom is 0.321 e. The van der Waals surface area contributed by atoms with Crippen molar-refractivity contribution >= 4 is 23.6 Å². The van der Waals surface area contributed by atoms with Gasteiger partial charge in [0.05, 0.1) is 11.0 Å². The molecule has 0 spiro atoms. The number of para-hydroxylation sites is 1. The summed E-state index contributed by atoms with van der Waals surface area (Å²) in [6.45, 7) is 0.174. The smallest absolute Gasteiger partial charge is 0.321 e. The zero-order valence-electron chi connectivity index (χ0n) is 9.80. The molecule has 0 aliphatic carbocycles. The molecule has 0 bridgehead atoms. The molecule has 0 radical (unpaired) electrons. The summed E-state index contributed by atoms with van der Waals surface area (Å²) in [5, 5.41) is 29.5. The van der Waals surface area contributed by atoms with Gasteiger partial charge in [-0.3, -0.25) is 14.9 Å². The fraction of sp³-hybridized carbons (Fsp3) is 0.364. The summed E-state index contributed by atoms with van der Waals surface area (Å²) in [5.41, 5.74) is -0.0713. The van der Waals surface area contributed by atoms with Gasteiger partial charge in [-0.25, -0.2) is 4.31 Å². The van der Waals surface area contributed by atoms with Gasteiger partial charge in [-0.1, -0.05) is 12.1 Å². The Morgan fingerprint density at radius 2 is 2.16 bits per heavy atom. The van der Waals surface area contributed by atoms with Crippen molar-refractivity contribution in [3.8, 4) is 0 Å². The van der Waals surface area contributed by atoms with Gasteiger partial charge < -0.3 is 10.2 Å². The van der Waals surface area contributed by atoms with Crippen molar-refractivity contribution in [2.45, 2.75) is 23.5 Å². The van der Waals surface area contributed by atoms with Gasteiger partial charge in [0.25, 0.3) is 5.69 Å². The molecular weight excluding hydrogens is 272 g/mol. The molecule has 0 unspecified atom stereocenters. The molecule has 1 aliphatic rings. The molecular formula is C11H12N2O5S. The normalized spacial score (nSPS) is 23.4. The van der Waals surface area contributed by atoms with Crippen LogP contribution in [0.4, 0.5) is 5.69 Å². The van der Waals surface area contributed by atoms with Crippen molar-refractivity contribution in [1.82, 2.24) is 4.31 Å². The quantitative estimate of drug-likeness (QED) is 0.485. The van der Waals surface area contributed by atoms with Crippen LogP contribution in [0.2, 0.25) is 0 Å². The lowest BCUT2D eigenvalue weighted by Gasteiger charge is -2.18. The standard InChI is InChI=1S/C11H12N2O5S/c14-7-5-9(11(15)16)12(6-7)19-10-4-2-1-3-8(10)13(17)18/h1-4,7,9,14H,5-6H2,(H,15,16)/t7-,9+/m1/s1. The van der Waals surface area contributed by atoms with Crippen LogP contribution in [0, 0.1) is 10.1 Å². The minimum Gasteiger partial charge on any atom is -0.480 e. The van der Waals surface area contributed by atoms with Crippen molar-refractivity contribution in [1.29, 1.82) is 0 Å². The second-order valence-corrected chi connectivity index (χ2v) is 5.25. The monoisotopic (exact) mass is 284 g/mol. The minimum absolute atomic E-state index is 0.0713. The van der Waals surface area contributed by atoms with Crippen LogP contribution in [-0.2, 0) is 4.79 Å². The third-order valence-corrected chi connectivity index (χ3v) is 3.98. The summed E-state index contributed by atoms with van der Waals surface area (Å²) in [5.74, 6) is -1.04. The first-order valence-corrected chi connectivity index (χ1v) is 6.35. The average Bonchev–Trinajstić information content (AvgIpc) is 2.71. The molecule has 8 heteroatoms. The first-order valence-electron chi connectivity index (χ1n) is 5.58. The lowest BCUT2D eigenvalue weighted by atomic mass is 10.2. The van der Waals surface area contributed by atoms with Gasteiger partial charge in [0, 0.05) is 19.0 Å². The fourth-order valence-electron chi connectivity index (χ4n) is 1.92. The van der Waals surface area contributed by atoms with Crippen molar-refractivity contribution in [3.05, 3.63) is 34.4 Å². The highest BCUT2D eigenvalue weighted by atomic mass is 32.2. The van der Waals surface area contributed by atoms with E-state index < -0.39 is 23.0 Å². The summed E-state index contributed by atoms with van der Waals surface area (Å²) >= 11 is 0.997.